The van der Waals surface area contributed by atoms with Crippen molar-refractivity contribution >= 4 is 5.69 Å². The smallest absolute Gasteiger partial charge is 0.121 e. The molecule has 0 unspecified atom stereocenters. The van der Waals surface area contributed by atoms with Crippen LogP contribution < -0.4 is 10.5 Å². The average Bonchev–Trinajstić information content (AvgIpc) is 2.38. The van der Waals surface area contributed by atoms with E-state index in [1.807, 2.05) is 25.1 Å². The summed E-state index contributed by atoms with van der Waals surface area (Å²) in [7, 11) is 0. The molecule has 0 spiro atoms. The predicted octanol–water partition coefficient (Wildman–Crippen LogP) is 3.90. The molecule has 1 aliphatic rings. The molecule has 0 heterocycles. The van der Waals surface area contributed by atoms with E-state index in [2.05, 4.69) is 30.3 Å². The third-order valence-electron chi connectivity index (χ3n) is 3.92. The van der Waals surface area contributed by atoms with E-state index < -0.39 is 0 Å². The summed E-state index contributed by atoms with van der Waals surface area (Å²) in [4.78, 5) is 0. The minimum Gasteiger partial charge on any atom is -0.490 e. The second-order valence-electron chi connectivity index (χ2n) is 5.34. The van der Waals surface area contributed by atoms with E-state index in [0.717, 1.165) is 29.8 Å². The molecule has 0 aromatic heterocycles. The predicted molar refractivity (Wildman–Crippen MR) is 78.4 cm³/mol. The molecule has 1 aliphatic carbocycles. The van der Waals surface area contributed by atoms with E-state index in [4.69, 9.17) is 10.5 Å². The van der Waals surface area contributed by atoms with Crippen LogP contribution >= 0.6 is 0 Å². The van der Waals surface area contributed by atoms with Crippen molar-refractivity contribution in [1.82, 2.24) is 0 Å². The van der Waals surface area contributed by atoms with Crippen molar-refractivity contribution in [1.29, 1.82) is 0 Å². The molecular formula is C17H19NO. The second kappa shape index (κ2) is 4.96. The van der Waals surface area contributed by atoms with Gasteiger partial charge in [0.15, 0.2) is 0 Å². The van der Waals surface area contributed by atoms with Crippen LogP contribution in [0.15, 0.2) is 48.5 Å². The lowest BCUT2D eigenvalue weighted by molar-refractivity contribution is 0.0986. The highest BCUT2D eigenvalue weighted by atomic mass is 16.5. The van der Waals surface area contributed by atoms with E-state index in [1.54, 1.807) is 0 Å². The number of aryl methyl sites for hydroxylation is 1. The summed E-state index contributed by atoms with van der Waals surface area (Å²) in [5, 5.41) is 0. The normalized spacial score (nSPS) is 21.7. The minimum atomic E-state index is 0.326. The van der Waals surface area contributed by atoms with Crippen LogP contribution in [0.2, 0.25) is 0 Å². The van der Waals surface area contributed by atoms with Crippen LogP contribution in [0.25, 0.3) is 0 Å². The molecule has 0 radical (unpaired) electrons. The van der Waals surface area contributed by atoms with Gasteiger partial charge in [0.25, 0.3) is 0 Å². The highest BCUT2D eigenvalue weighted by Crippen LogP contribution is 2.39. The van der Waals surface area contributed by atoms with Gasteiger partial charge in [-0.1, -0.05) is 36.4 Å². The van der Waals surface area contributed by atoms with Crippen LogP contribution in [-0.2, 0) is 0 Å². The summed E-state index contributed by atoms with van der Waals surface area (Å²) in [6.45, 7) is 2.01. The molecule has 0 bridgehead atoms. The van der Waals surface area contributed by atoms with E-state index in [9.17, 15) is 0 Å². The molecule has 2 nitrogen and oxygen atoms in total. The van der Waals surface area contributed by atoms with Crippen molar-refractivity contribution in [2.75, 3.05) is 5.73 Å². The molecular weight excluding hydrogens is 234 g/mol. The van der Waals surface area contributed by atoms with Gasteiger partial charge in [-0.05, 0) is 42.9 Å². The quantitative estimate of drug-likeness (QED) is 0.842. The van der Waals surface area contributed by atoms with Crippen molar-refractivity contribution in [3.8, 4) is 5.75 Å². The molecule has 0 amide bonds. The standard InChI is InChI=1S/C17H19NO/c1-12-7-8-15(11-17(12)18)19-16-9-14(10-16)13-5-3-2-4-6-13/h2-8,11,14,16H,9-10,18H2,1H3. The maximum absolute atomic E-state index is 5.96. The van der Waals surface area contributed by atoms with Crippen LogP contribution in [0.5, 0.6) is 5.75 Å². The van der Waals surface area contributed by atoms with Gasteiger partial charge in [0.05, 0.1) is 6.10 Å². The number of benzene rings is 2. The zero-order valence-electron chi connectivity index (χ0n) is 11.2. The monoisotopic (exact) mass is 253 g/mol. The molecule has 2 aromatic rings. The van der Waals surface area contributed by atoms with Gasteiger partial charge in [0.2, 0.25) is 0 Å². The number of hydrogen-bond acceptors (Lipinski definition) is 2. The summed E-state index contributed by atoms with van der Waals surface area (Å²) < 4.78 is 5.96. The molecule has 1 fully saturated rings. The highest BCUT2D eigenvalue weighted by molar-refractivity contribution is 5.50. The average molecular weight is 253 g/mol. The van der Waals surface area contributed by atoms with Gasteiger partial charge < -0.3 is 10.5 Å². The Kier molecular flexibility index (Phi) is 3.16. The molecule has 0 aliphatic heterocycles. The Morgan fingerprint density at radius 3 is 2.47 bits per heavy atom. The number of hydrogen-bond donors (Lipinski definition) is 1. The van der Waals surface area contributed by atoms with Crippen molar-refractivity contribution in [3.05, 3.63) is 59.7 Å². The first-order chi connectivity index (χ1) is 9.22. The number of rotatable bonds is 3. The van der Waals surface area contributed by atoms with Crippen LogP contribution in [0, 0.1) is 6.92 Å². The summed E-state index contributed by atoms with van der Waals surface area (Å²) in [6, 6.07) is 16.6. The van der Waals surface area contributed by atoms with Crippen molar-refractivity contribution < 1.29 is 4.74 Å². The van der Waals surface area contributed by atoms with E-state index in [0.29, 0.717) is 12.0 Å². The topological polar surface area (TPSA) is 35.2 Å². The zero-order chi connectivity index (χ0) is 13.2. The lowest BCUT2D eigenvalue weighted by atomic mass is 9.77. The van der Waals surface area contributed by atoms with E-state index >= 15 is 0 Å². The Balaban J connectivity index is 1.58. The van der Waals surface area contributed by atoms with Gasteiger partial charge in [-0.2, -0.15) is 0 Å². The molecule has 19 heavy (non-hydrogen) atoms. The number of nitrogens with two attached hydrogens (primary N) is 1. The maximum atomic E-state index is 5.96. The van der Waals surface area contributed by atoms with Gasteiger partial charge in [-0.3, -0.25) is 0 Å². The zero-order valence-corrected chi connectivity index (χ0v) is 11.2. The van der Waals surface area contributed by atoms with Crippen LogP contribution in [0.4, 0.5) is 5.69 Å². The first-order valence-corrected chi connectivity index (χ1v) is 6.80. The summed E-state index contributed by atoms with van der Waals surface area (Å²) >= 11 is 0. The molecule has 2 heteroatoms. The van der Waals surface area contributed by atoms with Crippen LogP contribution in [0.3, 0.4) is 0 Å². The Morgan fingerprint density at radius 2 is 1.79 bits per heavy atom. The lowest BCUT2D eigenvalue weighted by Gasteiger charge is -2.35. The SMILES string of the molecule is Cc1ccc(OC2CC(c3ccccc3)C2)cc1N. The molecule has 98 valence electrons. The molecule has 2 aromatic carbocycles. The molecule has 3 rings (SSSR count). The molecule has 1 saturated carbocycles. The summed E-state index contributed by atoms with van der Waals surface area (Å²) in [5.41, 5.74) is 9.22. The van der Waals surface area contributed by atoms with Gasteiger partial charge in [0, 0.05) is 11.8 Å². The van der Waals surface area contributed by atoms with Gasteiger partial charge in [0.1, 0.15) is 5.75 Å². The number of anilines is 1. The summed E-state index contributed by atoms with van der Waals surface area (Å²) in [6.07, 6.45) is 2.52. The van der Waals surface area contributed by atoms with Crippen LogP contribution in [-0.4, -0.2) is 6.10 Å². The van der Waals surface area contributed by atoms with Gasteiger partial charge >= 0.3 is 0 Å². The van der Waals surface area contributed by atoms with Crippen molar-refractivity contribution in [2.45, 2.75) is 31.8 Å². The Hall–Kier alpha value is -1.96. The third-order valence-corrected chi connectivity index (χ3v) is 3.92. The molecule has 2 N–H and O–H groups in total. The summed E-state index contributed by atoms with van der Waals surface area (Å²) in [5.74, 6) is 1.54. The minimum absolute atomic E-state index is 0.326. The maximum Gasteiger partial charge on any atom is 0.121 e. The fourth-order valence-corrected chi connectivity index (χ4v) is 2.54. The third kappa shape index (κ3) is 2.58. The van der Waals surface area contributed by atoms with E-state index in [-0.39, 0.29) is 0 Å². The van der Waals surface area contributed by atoms with Gasteiger partial charge in [-0.15, -0.1) is 0 Å². The first kappa shape index (κ1) is 12.1. The second-order valence-corrected chi connectivity index (χ2v) is 5.34. The Labute approximate surface area is 114 Å². The van der Waals surface area contributed by atoms with E-state index in [1.165, 1.54) is 5.56 Å². The number of nitrogen functional groups attached to an aromatic ring is 1. The Morgan fingerprint density at radius 1 is 1.05 bits per heavy atom. The lowest BCUT2D eigenvalue weighted by Crippen LogP contribution is -2.32. The molecule has 0 atom stereocenters. The first-order valence-electron chi connectivity index (χ1n) is 6.80. The van der Waals surface area contributed by atoms with Gasteiger partial charge in [-0.25, -0.2) is 0 Å². The fourth-order valence-electron chi connectivity index (χ4n) is 2.54. The fraction of sp³-hybridized carbons (Fsp3) is 0.294. The van der Waals surface area contributed by atoms with Crippen molar-refractivity contribution in [3.63, 3.8) is 0 Å². The van der Waals surface area contributed by atoms with Crippen LogP contribution in [0.1, 0.15) is 29.9 Å². The highest BCUT2D eigenvalue weighted by Gasteiger charge is 2.31. The largest absolute Gasteiger partial charge is 0.490 e. The Bertz CT molecular complexity index is 559. The number of ether oxygens (including phenoxy) is 1. The van der Waals surface area contributed by atoms with Crippen molar-refractivity contribution in [2.24, 2.45) is 0 Å². The molecule has 0 saturated heterocycles.